The van der Waals surface area contributed by atoms with Crippen molar-refractivity contribution in [2.24, 2.45) is 5.41 Å². The Morgan fingerprint density at radius 1 is 1.29 bits per heavy atom. The molecule has 5 nitrogen and oxygen atoms in total. The van der Waals surface area contributed by atoms with Crippen molar-refractivity contribution in [3.05, 3.63) is 0 Å². The second kappa shape index (κ2) is 4.97. The molecule has 4 unspecified atom stereocenters. The Labute approximate surface area is 126 Å². The number of nitrogens with zero attached hydrogens (tertiary/aromatic N) is 2. The van der Waals surface area contributed by atoms with Crippen molar-refractivity contribution in [2.45, 2.75) is 71.2 Å². The van der Waals surface area contributed by atoms with Crippen molar-refractivity contribution in [3.8, 4) is 0 Å². The Kier molecular flexibility index (Phi) is 3.51. The largest absolute Gasteiger partial charge is 0.378 e. The van der Waals surface area contributed by atoms with Crippen molar-refractivity contribution in [1.29, 1.82) is 0 Å². The first kappa shape index (κ1) is 14.8. The van der Waals surface area contributed by atoms with Gasteiger partial charge in [0.05, 0.1) is 6.10 Å². The van der Waals surface area contributed by atoms with Crippen molar-refractivity contribution in [1.82, 2.24) is 9.80 Å². The van der Waals surface area contributed by atoms with Gasteiger partial charge in [0.2, 0.25) is 11.8 Å². The van der Waals surface area contributed by atoms with E-state index in [9.17, 15) is 9.59 Å². The molecule has 1 saturated carbocycles. The monoisotopic (exact) mass is 294 g/mol. The predicted molar refractivity (Wildman–Crippen MR) is 78.6 cm³/mol. The van der Waals surface area contributed by atoms with E-state index < -0.39 is 0 Å². The summed E-state index contributed by atoms with van der Waals surface area (Å²) in [6.07, 6.45) is 2.79. The Hall–Kier alpha value is -1.10. The van der Waals surface area contributed by atoms with Crippen molar-refractivity contribution in [3.63, 3.8) is 0 Å². The Balaban J connectivity index is 1.82. The van der Waals surface area contributed by atoms with Gasteiger partial charge in [-0.1, -0.05) is 13.8 Å². The molecule has 21 heavy (non-hydrogen) atoms. The fourth-order valence-corrected chi connectivity index (χ4v) is 4.25. The highest BCUT2D eigenvalue weighted by Gasteiger charge is 2.58. The minimum atomic E-state index is -0.335. The highest BCUT2D eigenvalue weighted by Crippen LogP contribution is 2.47. The van der Waals surface area contributed by atoms with Gasteiger partial charge in [-0.15, -0.1) is 0 Å². The highest BCUT2D eigenvalue weighted by atomic mass is 16.5. The maximum Gasteiger partial charge on any atom is 0.246 e. The number of hydrogen-bond donors (Lipinski definition) is 0. The van der Waals surface area contributed by atoms with Crippen LogP contribution in [0.2, 0.25) is 0 Å². The molecule has 4 atom stereocenters. The molecular formula is C16H26N2O3. The normalized spacial score (nSPS) is 38.5. The molecular weight excluding hydrogens is 268 g/mol. The molecule has 0 radical (unpaired) electrons. The lowest BCUT2D eigenvalue weighted by atomic mass is 9.63. The first-order valence-corrected chi connectivity index (χ1v) is 8.13. The van der Waals surface area contributed by atoms with E-state index in [0.29, 0.717) is 6.61 Å². The number of fused-ring (bicyclic) bond motifs is 1. The lowest BCUT2D eigenvalue weighted by Gasteiger charge is -2.58. The molecule has 0 spiro atoms. The second-order valence-corrected chi connectivity index (χ2v) is 7.13. The zero-order valence-electron chi connectivity index (χ0n) is 13.5. The van der Waals surface area contributed by atoms with Crippen LogP contribution >= 0.6 is 0 Å². The maximum atomic E-state index is 12.8. The summed E-state index contributed by atoms with van der Waals surface area (Å²) in [5, 5.41) is 0. The van der Waals surface area contributed by atoms with E-state index in [0.717, 1.165) is 25.8 Å². The van der Waals surface area contributed by atoms with E-state index in [1.807, 2.05) is 18.7 Å². The third-order valence-electron chi connectivity index (χ3n) is 5.68. The van der Waals surface area contributed by atoms with Gasteiger partial charge in [0, 0.05) is 24.6 Å². The van der Waals surface area contributed by atoms with Crippen LogP contribution in [0, 0.1) is 5.41 Å². The van der Waals surface area contributed by atoms with E-state index in [2.05, 4.69) is 13.8 Å². The van der Waals surface area contributed by atoms with Gasteiger partial charge in [0.25, 0.3) is 0 Å². The average Bonchev–Trinajstić information content (AvgIpc) is 2.93. The van der Waals surface area contributed by atoms with Gasteiger partial charge in [-0.3, -0.25) is 9.59 Å². The number of hydrogen-bond acceptors (Lipinski definition) is 3. The zero-order chi connectivity index (χ0) is 15.4. The van der Waals surface area contributed by atoms with E-state index in [1.165, 1.54) is 0 Å². The molecule has 0 aromatic carbocycles. The van der Waals surface area contributed by atoms with Crippen LogP contribution in [0.5, 0.6) is 0 Å². The summed E-state index contributed by atoms with van der Waals surface area (Å²) in [5.41, 5.74) is -0.0824. The SMILES string of the molecule is CCOC1CC(N2C(=O)C3CCCN3C(=O)C2C)C1(C)C. The third-order valence-corrected chi connectivity index (χ3v) is 5.68. The van der Waals surface area contributed by atoms with Crippen LogP contribution in [-0.4, -0.2) is 59.0 Å². The molecule has 2 heterocycles. The lowest BCUT2D eigenvalue weighted by molar-refractivity contribution is -0.187. The molecule has 2 saturated heterocycles. The molecule has 2 aliphatic heterocycles. The van der Waals surface area contributed by atoms with Crippen LogP contribution in [0.15, 0.2) is 0 Å². The molecule has 5 heteroatoms. The first-order valence-electron chi connectivity index (χ1n) is 8.13. The number of carbonyl (C=O) groups is 2. The number of carbonyl (C=O) groups excluding carboxylic acids is 2. The van der Waals surface area contributed by atoms with Gasteiger partial charge in [0.1, 0.15) is 12.1 Å². The molecule has 3 fully saturated rings. The molecule has 1 aliphatic carbocycles. The Morgan fingerprint density at radius 3 is 2.62 bits per heavy atom. The molecule has 0 aromatic rings. The zero-order valence-corrected chi connectivity index (χ0v) is 13.5. The fraction of sp³-hybridized carbons (Fsp3) is 0.875. The molecule has 0 bridgehead atoms. The third kappa shape index (κ3) is 2.00. The summed E-state index contributed by atoms with van der Waals surface area (Å²) in [4.78, 5) is 29.0. The van der Waals surface area contributed by atoms with E-state index in [1.54, 1.807) is 4.90 Å². The van der Waals surface area contributed by atoms with Crippen molar-refractivity contribution < 1.29 is 14.3 Å². The fourth-order valence-electron chi connectivity index (χ4n) is 4.25. The first-order chi connectivity index (χ1) is 9.89. The van der Waals surface area contributed by atoms with Gasteiger partial charge in [-0.25, -0.2) is 0 Å². The second-order valence-electron chi connectivity index (χ2n) is 7.13. The quantitative estimate of drug-likeness (QED) is 0.791. The van der Waals surface area contributed by atoms with Gasteiger partial charge >= 0.3 is 0 Å². The number of rotatable bonds is 3. The minimum absolute atomic E-state index is 0.0824. The van der Waals surface area contributed by atoms with Gasteiger partial charge in [-0.2, -0.15) is 0 Å². The molecule has 118 valence electrons. The maximum absolute atomic E-state index is 12.8. The smallest absolute Gasteiger partial charge is 0.246 e. The molecule has 0 N–H and O–H groups in total. The van der Waals surface area contributed by atoms with E-state index >= 15 is 0 Å². The topological polar surface area (TPSA) is 49.9 Å². The van der Waals surface area contributed by atoms with Gasteiger partial charge in [-0.05, 0) is 33.1 Å². The van der Waals surface area contributed by atoms with Crippen LogP contribution < -0.4 is 0 Å². The summed E-state index contributed by atoms with van der Waals surface area (Å²) in [6.45, 7) is 9.60. The summed E-state index contributed by atoms with van der Waals surface area (Å²) in [5.74, 6) is 0.264. The van der Waals surface area contributed by atoms with Crippen molar-refractivity contribution >= 4 is 11.8 Å². The van der Waals surface area contributed by atoms with Crippen LogP contribution in [0.1, 0.15) is 47.0 Å². The van der Waals surface area contributed by atoms with E-state index in [4.69, 9.17) is 4.74 Å². The number of piperazine rings is 1. The average molecular weight is 294 g/mol. The molecule has 0 aromatic heterocycles. The summed E-state index contributed by atoms with van der Waals surface area (Å²) in [7, 11) is 0. The summed E-state index contributed by atoms with van der Waals surface area (Å²) >= 11 is 0. The summed E-state index contributed by atoms with van der Waals surface area (Å²) < 4.78 is 5.76. The Bertz CT molecular complexity index is 462. The van der Waals surface area contributed by atoms with Gasteiger partial charge < -0.3 is 14.5 Å². The predicted octanol–water partition coefficient (Wildman–Crippen LogP) is 1.41. The van der Waals surface area contributed by atoms with Crippen LogP contribution in [-0.2, 0) is 14.3 Å². The van der Waals surface area contributed by atoms with Crippen molar-refractivity contribution in [2.75, 3.05) is 13.2 Å². The molecule has 2 amide bonds. The number of ether oxygens (including phenoxy) is 1. The summed E-state index contributed by atoms with van der Waals surface area (Å²) in [6, 6.07) is -0.433. The standard InChI is InChI=1S/C16H26N2O3/c1-5-21-13-9-12(16(13,3)4)18-10(2)14(19)17-8-6-7-11(17)15(18)20/h10-13H,5-9H2,1-4H3. The van der Waals surface area contributed by atoms with E-state index in [-0.39, 0.29) is 41.5 Å². The molecule has 3 rings (SSSR count). The highest BCUT2D eigenvalue weighted by molar-refractivity contribution is 5.97. The van der Waals surface area contributed by atoms with Gasteiger partial charge in [0.15, 0.2) is 0 Å². The minimum Gasteiger partial charge on any atom is -0.378 e. The number of amides is 2. The van der Waals surface area contributed by atoms with Crippen LogP contribution in [0.25, 0.3) is 0 Å². The molecule has 3 aliphatic rings. The lowest BCUT2D eigenvalue weighted by Crippen LogP contribution is -2.71. The van der Waals surface area contributed by atoms with Crippen LogP contribution in [0.3, 0.4) is 0 Å². The van der Waals surface area contributed by atoms with Crippen LogP contribution in [0.4, 0.5) is 0 Å². The Morgan fingerprint density at radius 2 is 2.00 bits per heavy atom.